The van der Waals surface area contributed by atoms with Crippen molar-refractivity contribution in [1.82, 2.24) is 10.3 Å². The van der Waals surface area contributed by atoms with Crippen molar-refractivity contribution in [3.8, 4) is 0 Å². The summed E-state index contributed by atoms with van der Waals surface area (Å²) in [4.78, 5) is 25.1. The van der Waals surface area contributed by atoms with Crippen molar-refractivity contribution in [2.24, 2.45) is 5.73 Å². The lowest BCUT2D eigenvalue weighted by molar-refractivity contribution is -0.117. The molecule has 0 radical (unpaired) electrons. The molecule has 0 aliphatic carbocycles. The maximum atomic E-state index is 12.7. The van der Waals surface area contributed by atoms with Crippen molar-refractivity contribution in [2.45, 2.75) is 0 Å². The first-order valence-electron chi connectivity index (χ1n) is 3.88. The highest BCUT2D eigenvalue weighted by atomic mass is 35.5. The molecular formula is C8H7ClFN3O2. The van der Waals surface area contributed by atoms with Gasteiger partial charge in [0, 0.05) is 0 Å². The largest absolute Gasteiger partial charge is 0.368 e. The molecule has 0 aliphatic rings. The van der Waals surface area contributed by atoms with E-state index in [2.05, 4.69) is 10.3 Å². The van der Waals surface area contributed by atoms with E-state index in [1.54, 1.807) is 0 Å². The number of nitrogens with zero attached hydrogens (tertiary/aromatic N) is 1. The number of nitrogens with one attached hydrogen (secondary N) is 1. The molecule has 1 rings (SSSR count). The number of hydrogen-bond donors (Lipinski definition) is 2. The van der Waals surface area contributed by atoms with Gasteiger partial charge in [0.2, 0.25) is 5.91 Å². The molecule has 3 N–H and O–H groups in total. The number of amides is 2. The SMILES string of the molecule is NC(=O)CNC(=O)c1cc(F)cnc1Cl. The predicted octanol–water partition coefficient (Wildman–Crippen LogP) is 0.0892. The van der Waals surface area contributed by atoms with E-state index < -0.39 is 17.6 Å². The van der Waals surface area contributed by atoms with Gasteiger partial charge in [0.25, 0.3) is 5.91 Å². The van der Waals surface area contributed by atoms with Gasteiger partial charge in [0.05, 0.1) is 18.3 Å². The zero-order valence-electron chi connectivity index (χ0n) is 7.46. The molecular weight excluding hydrogens is 225 g/mol. The number of carbonyl (C=O) groups excluding carboxylic acids is 2. The van der Waals surface area contributed by atoms with Crippen LogP contribution in [0.3, 0.4) is 0 Å². The summed E-state index contributed by atoms with van der Waals surface area (Å²) >= 11 is 5.55. The molecule has 0 saturated carbocycles. The van der Waals surface area contributed by atoms with Gasteiger partial charge in [-0.25, -0.2) is 9.37 Å². The number of halogens is 2. The Labute approximate surface area is 89.4 Å². The second-order valence-corrected chi connectivity index (χ2v) is 3.00. The quantitative estimate of drug-likeness (QED) is 0.723. The van der Waals surface area contributed by atoms with E-state index in [0.717, 1.165) is 12.3 Å². The fourth-order valence-corrected chi connectivity index (χ4v) is 1.03. The zero-order valence-corrected chi connectivity index (χ0v) is 8.21. The van der Waals surface area contributed by atoms with Crippen molar-refractivity contribution in [3.63, 3.8) is 0 Å². The number of pyridine rings is 1. The Morgan fingerprint density at radius 2 is 2.27 bits per heavy atom. The Balaban J connectivity index is 2.81. The first kappa shape index (κ1) is 11.4. The minimum absolute atomic E-state index is 0.140. The van der Waals surface area contributed by atoms with Gasteiger partial charge in [-0.2, -0.15) is 0 Å². The van der Waals surface area contributed by atoms with Crippen LogP contribution in [0.5, 0.6) is 0 Å². The van der Waals surface area contributed by atoms with Gasteiger partial charge < -0.3 is 11.1 Å². The van der Waals surface area contributed by atoms with Crippen molar-refractivity contribution < 1.29 is 14.0 Å². The van der Waals surface area contributed by atoms with Crippen LogP contribution in [0.2, 0.25) is 5.15 Å². The zero-order chi connectivity index (χ0) is 11.4. The summed E-state index contributed by atoms with van der Waals surface area (Å²) in [5.74, 6) is -2.10. The molecule has 0 aromatic carbocycles. The topological polar surface area (TPSA) is 85.1 Å². The normalized spacial score (nSPS) is 9.73. The van der Waals surface area contributed by atoms with Crippen molar-refractivity contribution >= 4 is 23.4 Å². The minimum atomic E-state index is -0.705. The summed E-state index contributed by atoms with van der Waals surface area (Å²) in [7, 11) is 0. The molecule has 2 amide bonds. The molecule has 5 nitrogen and oxygen atoms in total. The number of rotatable bonds is 3. The van der Waals surface area contributed by atoms with Crippen LogP contribution in [-0.2, 0) is 4.79 Å². The fraction of sp³-hybridized carbons (Fsp3) is 0.125. The molecule has 0 unspecified atom stereocenters. The maximum absolute atomic E-state index is 12.7. The number of nitrogens with two attached hydrogens (primary N) is 1. The molecule has 1 aromatic heterocycles. The first-order valence-corrected chi connectivity index (χ1v) is 4.26. The van der Waals surface area contributed by atoms with Gasteiger partial charge in [-0.1, -0.05) is 11.6 Å². The highest BCUT2D eigenvalue weighted by molar-refractivity contribution is 6.32. The summed E-state index contributed by atoms with van der Waals surface area (Å²) in [6, 6.07) is 0.922. The Morgan fingerprint density at radius 3 is 2.87 bits per heavy atom. The lowest BCUT2D eigenvalue weighted by Crippen LogP contribution is -2.33. The Bertz CT molecular complexity index is 411. The third kappa shape index (κ3) is 3.17. The highest BCUT2D eigenvalue weighted by Gasteiger charge is 2.12. The molecule has 80 valence electrons. The molecule has 0 saturated heterocycles. The molecule has 0 spiro atoms. The second kappa shape index (κ2) is 4.70. The standard InChI is InChI=1S/C8H7ClFN3O2/c9-7-5(1-4(10)2-12-7)8(15)13-3-6(11)14/h1-2H,3H2,(H2,11,14)(H,13,15). The van der Waals surface area contributed by atoms with Crippen LogP contribution in [0, 0.1) is 5.82 Å². The van der Waals surface area contributed by atoms with E-state index in [9.17, 15) is 14.0 Å². The number of carbonyl (C=O) groups is 2. The third-order valence-electron chi connectivity index (χ3n) is 1.47. The summed E-state index contributed by atoms with van der Waals surface area (Å²) in [5.41, 5.74) is 4.67. The predicted molar refractivity (Wildman–Crippen MR) is 50.7 cm³/mol. The maximum Gasteiger partial charge on any atom is 0.254 e. The third-order valence-corrected chi connectivity index (χ3v) is 1.77. The monoisotopic (exact) mass is 231 g/mol. The van der Waals surface area contributed by atoms with Crippen molar-refractivity contribution in [2.75, 3.05) is 6.54 Å². The van der Waals surface area contributed by atoms with E-state index in [0.29, 0.717) is 0 Å². The van der Waals surface area contributed by atoms with Crippen LogP contribution in [0.15, 0.2) is 12.3 Å². The second-order valence-electron chi connectivity index (χ2n) is 2.64. The van der Waals surface area contributed by atoms with Crippen LogP contribution in [0.4, 0.5) is 4.39 Å². The summed E-state index contributed by atoms with van der Waals surface area (Å²) in [5, 5.41) is 2.02. The highest BCUT2D eigenvalue weighted by Crippen LogP contribution is 2.13. The minimum Gasteiger partial charge on any atom is -0.368 e. The molecule has 15 heavy (non-hydrogen) atoms. The Hall–Kier alpha value is -1.69. The van der Waals surface area contributed by atoms with Crippen LogP contribution >= 0.6 is 11.6 Å². The number of primary amides is 1. The smallest absolute Gasteiger partial charge is 0.254 e. The van der Waals surface area contributed by atoms with Gasteiger partial charge in [0.1, 0.15) is 11.0 Å². The Kier molecular flexibility index (Phi) is 3.56. The summed E-state index contributed by atoms with van der Waals surface area (Å²) in [6.45, 7) is -0.342. The molecule has 0 aliphatic heterocycles. The summed E-state index contributed by atoms with van der Waals surface area (Å²) < 4.78 is 12.7. The van der Waals surface area contributed by atoms with E-state index in [-0.39, 0.29) is 17.3 Å². The van der Waals surface area contributed by atoms with Gasteiger partial charge in [-0.15, -0.1) is 0 Å². The fourth-order valence-electron chi connectivity index (χ4n) is 0.844. The molecule has 0 fully saturated rings. The summed E-state index contributed by atoms with van der Waals surface area (Å²) in [6.07, 6.45) is 0.882. The lowest BCUT2D eigenvalue weighted by atomic mass is 10.2. The van der Waals surface area contributed by atoms with Crippen molar-refractivity contribution in [3.05, 3.63) is 28.8 Å². The van der Waals surface area contributed by atoms with E-state index in [1.807, 2.05) is 0 Å². The van der Waals surface area contributed by atoms with Crippen LogP contribution < -0.4 is 11.1 Å². The lowest BCUT2D eigenvalue weighted by Gasteiger charge is -2.03. The van der Waals surface area contributed by atoms with Gasteiger partial charge >= 0.3 is 0 Å². The Morgan fingerprint density at radius 1 is 1.60 bits per heavy atom. The van der Waals surface area contributed by atoms with E-state index in [4.69, 9.17) is 17.3 Å². The van der Waals surface area contributed by atoms with Crippen LogP contribution in [-0.4, -0.2) is 23.3 Å². The molecule has 7 heteroatoms. The molecule has 0 bridgehead atoms. The van der Waals surface area contributed by atoms with E-state index in [1.165, 1.54) is 0 Å². The molecule has 1 heterocycles. The molecule has 0 atom stereocenters. The average molecular weight is 232 g/mol. The average Bonchev–Trinajstić information content (AvgIpc) is 2.18. The van der Waals surface area contributed by atoms with Crippen molar-refractivity contribution in [1.29, 1.82) is 0 Å². The molecule has 1 aromatic rings. The van der Waals surface area contributed by atoms with Gasteiger partial charge in [-0.3, -0.25) is 9.59 Å². The van der Waals surface area contributed by atoms with E-state index >= 15 is 0 Å². The number of aromatic nitrogens is 1. The van der Waals surface area contributed by atoms with Gasteiger partial charge in [0.15, 0.2) is 0 Å². The van der Waals surface area contributed by atoms with Crippen LogP contribution in [0.25, 0.3) is 0 Å². The first-order chi connectivity index (χ1) is 7.00. The van der Waals surface area contributed by atoms with Gasteiger partial charge in [-0.05, 0) is 6.07 Å². The van der Waals surface area contributed by atoms with Crippen LogP contribution in [0.1, 0.15) is 10.4 Å². The number of hydrogen-bond acceptors (Lipinski definition) is 3.